The van der Waals surface area contributed by atoms with E-state index in [4.69, 9.17) is 10.00 Å². The van der Waals surface area contributed by atoms with Crippen LogP contribution in [0.25, 0.3) is 0 Å². The van der Waals surface area contributed by atoms with Gasteiger partial charge < -0.3 is 14.5 Å². The van der Waals surface area contributed by atoms with Crippen molar-refractivity contribution in [2.45, 2.75) is 32.8 Å². The Balaban J connectivity index is 1.63. The monoisotopic (exact) mass is 420 g/mol. The van der Waals surface area contributed by atoms with Crippen molar-refractivity contribution in [2.24, 2.45) is 0 Å². The fourth-order valence-corrected chi connectivity index (χ4v) is 3.46. The van der Waals surface area contributed by atoms with Crippen molar-refractivity contribution in [2.75, 3.05) is 36.4 Å². The molecule has 0 unspecified atom stereocenters. The van der Waals surface area contributed by atoms with Crippen LogP contribution in [-0.4, -0.2) is 48.7 Å². The number of hydrogen-bond donors (Lipinski definition) is 1. The van der Waals surface area contributed by atoms with Gasteiger partial charge in [0.25, 0.3) is 5.91 Å². The van der Waals surface area contributed by atoms with E-state index in [-0.39, 0.29) is 5.91 Å². The molecule has 0 radical (unpaired) electrons. The van der Waals surface area contributed by atoms with Gasteiger partial charge in [-0.2, -0.15) is 5.26 Å². The number of rotatable bonds is 3. The molecule has 0 aliphatic carbocycles. The number of benzene rings is 2. The summed E-state index contributed by atoms with van der Waals surface area (Å²) in [5, 5.41) is 11.7. The van der Waals surface area contributed by atoms with Gasteiger partial charge in [0, 0.05) is 43.1 Å². The van der Waals surface area contributed by atoms with Crippen LogP contribution in [0.15, 0.2) is 48.5 Å². The van der Waals surface area contributed by atoms with Gasteiger partial charge in [0.2, 0.25) is 0 Å². The summed E-state index contributed by atoms with van der Waals surface area (Å²) in [7, 11) is 0. The number of hydrogen-bond acceptors (Lipinski definition) is 5. The topological polar surface area (TPSA) is 85.7 Å². The Kier molecular flexibility index (Phi) is 6.81. The summed E-state index contributed by atoms with van der Waals surface area (Å²) >= 11 is 0. The standard InChI is InChI=1S/C24H28N4O3/c1-24(2,3)31-23(30)26-20-7-4-6-19(16-20)22(29)28-13-5-12-27(14-15-28)21-10-8-18(17-25)9-11-21/h4,6-11,16H,5,12-15H2,1-3H3,(H,26,30). The van der Waals surface area contributed by atoms with Gasteiger partial charge in [-0.25, -0.2) is 4.79 Å². The van der Waals surface area contributed by atoms with Crippen molar-refractivity contribution < 1.29 is 14.3 Å². The van der Waals surface area contributed by atoms with Gasteiger partial charge in [-0.1, -0.05) is 6.07 Å². The summed E-state index contributed by atoms with van der Waals surface area (Å²) in [5.74, 6) is -0.0606. The summed E-state index contributed by atoms with van der Waals surface area (Å²) in [4.78, 5) is 29.2. The van der Waals surface area contributed by atoms with Crippen molar-refractivity contribution in [3.8, 4) is 6.07 Å². The lowest BCUT2D eigenvalue weighted by Gasteiger charge is -2.24. The molecule has 2 aromatic carbocycles. The molecule has 2 aromatic rings. The van der Waals surface area contributed by atoms with Crippen LogP contribution in [0.4, 0.5) is 16.2 Å². The van der Waals surface area contributed by atoms with Gasteiger partial charge >= 0.3 is 6.09 Å². The van der Waals surface area contributed by atoms with Gasteiger partial charge in [0.1, 0.15) is 5.60 Å². The Morgan fingerprint density at radius 1 is 1.03 bits per heavy atom. The smallest absolute Gasteiger partial charge is 0.412 e. The van der Waals surface area contributed by atoms with Crippen LogP contribution in [0.2, 0.25) is 0 Å². The normalized spacial score (nSPS) is 14.4. The zero-order valence-electron chi connectivity index (χ0n) is 18.2. The number of nitrogens with one attached hydrogen (secondary N) is 1. The molecule has 162 valence electrons. The zero-order chi connectivity index (χ0) is 22.4. The largest absolute Gasteiger partial charge is 0.444 e. The van der Waals surface area contributed by atoms with Gasteiger partial charge in [0.05, 0.1) is 11.6 Å². The van der Waals surface area contributed by atoms with Crippen molar-refractivity contribution >= 4 is 23.4 Å². The van der Waals surface area contributed by atoms with Gasteiger partial charge in [-0.05, 0) is 69.7 Å². The molecule has 1 heterocycles. The molecule has 3 rings (SSSR count). The summed E-state index contributed by atoms with van der Waals surface area (Å²) in [6, 6.07) is 16.6. The fraction of sp³-hybridized carbons (Fsp3) is 0.375. The third-order valence-electron chi connectivity index (χ3n) is 4.90. The molecular formula is C24H28N4O3. The summed E-state index contributed by atoms with van der Waals surface area (Å²) < 4.78 is 5.27. The van der Waals surface area contributed by atoms with E-state index in [0.717, 1.165) is 18.7 Å². The molecule has 0 atom stereocenters. The van der Waals surface area contributed by atoms with Crippen molar-refractivity contribution in [3.05, 3.63) is 59.7 Å². The van der Waals surface area contributed by atoms with E-state index >= 15 is 0 Å². The predicted octanol–water partition coefficient (Wildman–Crippen LogP) is 4.26. The van der Waals surface area contributed by atoms with E-state index in [0.29, 0.717) is 36.4 Å². The van der Waals surface area contributed by atoms with Gasteiger partial charge in [-0.15, -0.1) is 0 Å². The van der Waals surface area contributed by atoms with Crippen LogP contribution in [0.3, 0.4) is 0 Å². The van der Waals surface area contributed by atoms with E-state index in [2.05, 4.69) is 16.3 Å². The highest BCUT2D eigenvalue weighted by molar-refractivity contribution is 5.96. The van der Waals surface area contributed by atoms with E-state index in [1.807, 2.05) is 29.2 Å². The Morgan fingerprint density at radius 3 is 2.45 bits per heavy atom. The molecule has 1 fully saturated rings. The van der Waals surface area contributed by atoms with Crippen molar-refractivity contribution in [3.63, 3.8) is 0 Å². The van der Waals surface area contributed by atoms with E-state index < -0.39 is 11.7 Å². The third-order valence-corrected chi connectivity index (χ3v) is 4.90. The first-order valence-electron chi connectivity index (χ1n) is 10.4. The number of carbonyl (C=O) groups excluding carboxylic acids is 2. The molecule has 0 spiro atoms. The fourth-order valence-electron chi connectivity index (χ4n) is 3.46. The van der Waals surface area contributed by atoms with Crippen LogP contribution < -0.4 is 10.2 Å². The maximum Gasteiger partial charge on any atom is 0.412 e. The minimum atomic E-state index is -0.593. The lowest BCUT2D eigenvalue weighted by atomic mass is 10.1. The van der Waals surface area contributed by atoms with Crippen LogP contribution in [-0.2, 0) is 4.74 Å². The first-order valence-corrected chi connectivity index (χ1v) is 10.4. The molecule has 0 aromatic heterocycles. The number of nitriles is 1. The Bertz CT molecular complexity index is 974. The number of nitrogens with zero attached hydrogens (tertiary/aromatic N) is 3. The molecule has 31 heavy (non-hydrogen) atoms. The van der Waals surface area contributed by atoms with Crippen LogP contribution in [0, 0.1) is 11.3 Å². The number of ether oxygens (including phenoxy) is 1. The number of carbonyl (C=O) groups is 2. The molecular weight excluding hydrogens is 392 g/mol. The maximum atomic E-state index is 13.1. The quantitative estimate of drug-likeness (QED) is 0.802. The number of anilines is 2. The maximum absolute atomic E-state index is 13.1. The third kappa shape index (κ3) is 6.22. The van der Waals surface area contributed by atoms with Crippen LogP contribution in [0.1, 0.15) is 43.1 Å². The zero-order valence-corrected chi connectivity index (χ0v) is 18.2. The molecule has 0 bridgehead atoms. The molecule has 7 nitrogen and oxygen atoms in total. The number of amides is 2. The van der Waals surface area contributed by atoms with Gasteiger partial charge in [-0.3, -0.25) is 10.1 Å². The second-order valence-corrected chi connectivity index (χ2v) is 8.50. The Morgan fingerprint density at radius 2 is 1.77 bits per heavy atom. The van der Waals surface area contributed by atoms with Crippen molar-refractivity contribution in [1.82, 2.24) is 4.90 Å². The molecule has 0 saturated carbocycles. The summed E-state index contributed by atoms with van der Waals surface area (Å²) in [5.41, 5.74) is 2.14. The highest BCUT2D eigenvalue weighted by Crippen LogP contribution is 2.19. The molecule has 2 amide bonds. The molecule has 1 saturated heterocycles. The average molecular weight is 421 g/mol. The Labute approximate surface area is 183 Å². The second-order valence-electron chi connectivity index (χ2n) is 8.50. The van der Waals surface area contributed by atoms with Gasteiger partial charge in [0.15, 0.2) is 0 Å². The first kappa shape index (κ1) is 22.2. The highest BCUT2D eigenvalue weighted by Gasteiger charge is 2.21. The van der Waals surface area contributed by atoms with Crippen LogP contribution >= 0.6 is 0 Å². The second kappa shape index (κ2) is 9.52. The van der Waals surface area contributed by atoms with E-state index in [9.17, 15) is 9.59 Å². The lowest BCUT2D eigenvalue weighted by Crippen LogP contribution is -2.35. The van der Waals surface area contributed by atoms with E-state index in [1.54, 1.807) is 45.0 Å². The molecule has 1 aliphatic heterocycles. The highest BCUT2D eigenvalue weighted by atomic mass is 16.6. The molecule has 7 heteroatoms. The van der Waals surface area contributed by atoms with Crippen LogP contribution in [0.5, 0.6) is 0 Å². The molecule has 1 aliphatic rings. The summed E-state index contributed by atoms with van der Waals surface area (Å²) in [6.07, 6.45) is 0.298. The minimum absolute atomic E-state index is 0.0606. The minimum Gasteiger partial charge on any atom is -0.444 e. The summed E-state index contributed by atoms with van der Waals surface area (Å²) in [6.45, 7) is 8.22. The molecule has 1 N–H and O–H groups in total. The predicted molar refractivity (Wildman–Crippen MR) is 120 cm³/mol. The average Bonchev–Trinajstić information content (AvgIpc) is 2.98. The van der Waals surface area contributed by atoms with E-state index in [1.165, 1.54) is 0 Å². The first-order chi connectivity index (χ1) is 14.7. The van der Waals surface area contributed by atoms with Crippen molar-refractivity contribution in [1.29, 1.82) is 5.26 Å². The SMILES string of the molecule is CC(C)(C)OC(=O)Nc1cccc(C(=O)N2CCCN(c3ccc(C#N)cc3)CC2)c1. The lowest BCUT2D eigenvalue weighted by molar-refractivity contribution is 0.0635. The Hall–Kier alpha value is -3.53.